The Bertz CT molecular complexity index is 261. The number of hydrogen-bond acceptors (Lipinski definition) is 3. The second-order valence-electron chi connectivity index (χ2n) is 5.58. The molecule has 2 heterocycles. The third-order valence-electron chi connectivity index (χ3n) is 4.04. The molecule has 2 fully saturated rings. The Morgan fingerprint density at radius 1 is 1.29 bits per heavy atom. The Hall–Kier alpha value is -0.610. The molecule has 2 rings (SSSR count). The normalized spacial score (nSPS) is 27.3. The van der Waals surface area contributed by atoms with Gasteiger partial charge in [0.1, 0.15) is 0 Å². The van der Waals surface area contributed by atoms with Crippen molar-refractivity contribution in [2.24, 2.45) is 5.92 Å². The number of carbonyl (C=O) groups excluding carboxylic acids is 1. The maximum atomic E-state index is 12.1. The minimum atomic E-state index is 0.153. The van der Waals surface area contributed by atoms with Crippen LogP contribution in [0, 0.1) is 5.92 Å². The van der Waals surface area contributed by atoms with E-state index in [1.165, 1.54) is 19.3 Å². The molecular formula is C13H25N3O. The van der Waals surface area contributed by atoms with Crippen LogP contribution in [0.5, 0.6) is 0 Å². The minimum absolute atomic E-state index is 0.153. The monoisotopic (exact) mass is 239 g/mol. The predicted molar refractivity (Wildman–Crippen MR) is 68.9 cm³/mol. The van der Waals surface area contributed by atoms with Crippen LogP contribution < -0.4 is 5.32 Å². The number of hydrogen-bond donors (Lipinski definition) is 1. The Kier molecular flexibility index (Phi) is 4.40. The minimum Gasteiger partial charge on any atom is -0.347 e. The molecule has 0 bridgehead atoms. The average Bonchev–Trinajstić information content (AvgIpc) is 2.77. The molecule has 0 aromatic heterocycles. The van der Waals surface area contributed by atoms with Crippen LogP contribution in [0.4, 0.5) is 0 Å². The summed E-state index contributed by atoms with van der Waals surface area (Å²) >= 11 is 0. The van der Waals surface area contributed by atoms with Gasteiger partial charge in [-0.25, -0.2) is 0 Å². The van der Waals surface area contributed by atoms with E-state index in [0.29, 0.717) is 0 Å². The van der Waals surface area contributed by atoms with Crippen molar-refractivity contribution in [1.82, 2.24) is 15.1 Å². The molecular weight excluding hydrogens is 214 g/mol. The summed E-state index contributed by atoms with van der Waals surface area (Å²) < 4.78 is 0. The van der Waals surface area contributed by atoms with Gasteiger partial charge in [0.2, 0.25) is 5.91 Å². The molecule has 98 valence electrons. The Morgan fingerprint density at radius 3 is 2.65 bits per heavy atom. The van der Waals surface area contributed by atoms with E-state index in [-0.39, 0.29) is 11.9 Å². The van der Waals surface area contributed by atoms with Gasteiger partial charge in [-0.1, -0.05) is 0 Å². The number of amides is 1. The maximum absolute atomic E-state index is 12.1. The summed E-state index contributed by atoms with van der Waals surface area (Å²) in [6, 6.07) is 0.153. The number of likely N-dealkylation sites (tertiary alicyclic amines) is 1. The third-order valence-corrected chi connectivity index (χ3v) is 4.04. The SMILES string of the molecule is CN(C)C(=O)[C@@H]1CCCN1CC1CCNCC1. The van der Waals surface area contributed by atoms with Gasteiger partial charge in [-0.05, 0) is 51.2 Å². The van der Waals surface area contributed by atoms with Crippen LogP contribution in [-0.4, -0.2) is 62.0 Å². The number of carbonyl (C=O) groups is 1. The fraction of sp³-hybridized carbons (Fsp3) is 0.923. The number of likely N-dealkylation sites (N-methyl/N-ethyl adjacent to an activating group) is 1. The summed E-state index contributed by atoms with van der Waals surface area (Å²) in [4.78, 5) is 16.2. The number of rotatable bonds is 3. The molecule has 2 saturated heterocycles. The van der Waals surface area contributed by atoms with E-state index in [9.17, 15) is 4.79 Å². The second kappa shape index (κ2) is 5.83. The second-order valence-corrected chi connectivity index (χ2v) is 5.58. The van der Waals surface area contributed by atoms with Crippen LogP contribution in [0.3, 0.4) is 0 Å². The predicted octanol–water partition coefficient (Wildman–Crippen LogP) is 0.539. The van der Waals surface area contributed by atoms with Gasteiger partial charge < -0.3 is 10.2 Å². The van der Waals surface area contributed by atoms with Crippen LogP contribution >= 0.6 is 0 Å². The Labute approximate surface area is 104 Å². The van der Waals surface area contributed by atoms with E-state index in [1.807, 2.05) is 14.1 Å². The van der Waals surface area contributed by atoms with Gasteiger partial charge in [-0.2, -0.15) is 0 Å². The zero-order valence-corrected chi connectivity index (χ0v) is 11.1. The van der Waals surface area contributed by atoms with Crippen molar-refractivity contribution in [3.8, 4) is 0 Å². The van der Waals surface area contributed by atoms with Crippen LogP contribution in [0.15, 0.2) is 0 Å². The fourth-order valence-corrected chi connectivity index (χ4v) is 3.02. The molecule has 2 aliphatic heterocycles. The van der Waals surface area contributed by atoms with Crippen LogP contribution in [0.2, 0.25) is 0 Å². The molecule has 1 N–H and O–H groups in total. The van der Waals surface area contributed by atoms with Crippen molar-refractivity contribution < 1.29 is 4.79 Å². The highest BCUT2D eigenvalue weighted by atomic mass is 16.2. The van der Waals surface area contributed by atoms with Crippen molar-refractivity contribution in [1.29, 1.82) is 0 Å². The first-order valence-electron chi connectivity index (χ1n) is 6.84. The topological polar surface area (TPSA) is 35.6 Å². The first-order valence-corrected chi connectivity index (χ1v) is 6.84. The Morgan fingerprint density at radius 2 is 2.00 bits per heavy atom. The van der Waals surface area contributed by atoms with Gasteiger partial charge in [0.25, 0.3) is 0 Å². The van der Waals surface area contributed by atoms with Crippen molar-refractivity contribution >= 4 is 5.91 Å². The highest BCUT2D eigenvalue weighted by Crippen LogP contribution is 2.22. The summed E-state index contributed by atoms with van der Waals surface area (Å²) in [7, 11) is 3.73. The van der Waals surface area contributed by atoms with Crippen molar-refractivity contribution in [2.75, 3.05) is 40.3 Å². The van der Waals surface area contributed by atoms with Crippen molar-refractivity contribution in [3.63, 3.8) is 0 Å². The number of nitrogens with zero attached hydrogens (tertiary/aromatic N) is 2. The highest BCUT2D eigenvalue weighted by molar-refractivity contribution is 5.81. The molecule has 0 saturated carbocycles. The third kappa shape index (κ3) is 3.19. The van der Waals surface area contributed by atoms with Gasteiger partial charge >= 0.3 is 0 Å². The van der Waals surface area contributed by atoms with Crippen LogP contribution in [-0.2, 0) is 4.79 Å². The fourth-order valence-electron chi connectivity index (χ4n) is 3.02. The zero-order valence-electron chi connectivity index (χ0n) is 11.1. The Balaban J connectivity index is 1.88. The van der Waals surface area contributed by atoms with Gasteiger partial charge in [-0.15, -0.1) is 0 Å². The summed E-state index contributed by atoms with van der Waals surface area (Å²) in [6.07, 6.45) is 4.75. The summed E-state index contributed by atoms with van der Waals surface area (Å²) in [5.74, 6) is 1.07. The quantitative estimate of drug-likeness (QED) is 0.781. The standard InChI is InChI=1S/C13H25N3O/c1-15(2)13(17)12-4-3-9-16(12)10-11-5-7-14-8-6-11/h11-12,14H,3-10H2,1-2H3/t12-/m0/s1. The molecule has 2 aliphatic rings. The molecule has 0 radical (unpaired) electrons. The average molecular weight is 239 g/mol. The molecule has 0 aromatic rings. The molecule has 17 heavy (non-hydrogen) atoms. The first kappa shape index (κ1) is 12.8. The maximum Gasteiger partial charge on any atom is 0.239 e. The largest absolute Gasteiger partial charge is 0.347 e. The van der Waals surface area contributed by atoms with Crippen LogP contribution in [0.1, 0.15) is 25.7 Å². The van der Waals surface area contributed by atoms with E-state index >= 15 is 0 Å². The highest BCUT2D eigenvalue weighted by Gasteiger charge is 2.32. The summed E-state index contributed by atoms with van der Waals surface area (Å²) in [6.45, 7) is 4.51. The van der Waals surface area contributed by atoms with E-state index < -0.39 is 0 Å². The van der Waals surface area contributed by atoms with Gasteiger partial charge in [0.15, 0.2) is 0 Å². The lowest BCUT2D eigenvalue weighted by Gasteiger charge is -2.31. The number of nitrogens with one attached hydrogen (secondary N) is 1. The van der Waals surface area contributed by atoms with E-state index in [2.05, 4.69) is 10.2 Å². The molecule has 0 spiro atoms. The summed E-state index contributed by atoms with van der Waals surface area (Å²) in [5, 5.41) is 3.40. The summed E-state index contributed by atoms with van der Waals surface area (Å²) in [5.41, 5.74) is 0. The molecule has 0 unspecified atom stereocenters. The van der Waals surface area contributed by atoms with Gasteiger partial charge in [-0.3, -0.25) is 9.69 Å². The van der Waals surface area contributed by atoms with E-state index in [0.717, 1.165) is 38.5 Å². The van der Waals surface area contributed by atoms with E-state index in [1.54, 1.807) is 4.90 Å². The van der Waals surface area contributed by atoms with Crippen LogP contribution in [0.25, 0.3) is 0 Å². The molecule has 1 amide bonds. The van der Waals surface area contributed by atoms with Crippen molar-refractivity contribution in [3.05, 3.63) is 0 Å². The zero-order chi connectivity index (χ0) is 12.3. The first-order chi connectivity index (χ1) is 8.18. The van der Waals surface area contributed by atoms with Gasteiger partial charge in [0.05, 0.1) is 6.04 Å². The molecule has 4 nitrogen and oxygen atoms in total. The van der Waals surface area contributed by atoms with Crippen molar-refractivity contribution in [2.45, 2.75) is 31.7 Å². The molecule has 4 heteroatoms. The van der Waals surface area contributed by atoms with Gasteiger partial charge in [0, 0.05) is 20.6 Å². The molecule has 0 aliphatic carbocycles. The molecule has 1 atom stereocenters. The number of piperidine rings is 1. The smallest absolute Gasteiger partial charge is 0.239 e. The lowest BCUT2D eigenvalue weighted by Crippen LogP contribution is -2.45. The lowest BCUT2D eigenvalue weighted by atomic mass is 9.97. The lowest BCUT2D eigenvalue weighted by molar-refractivity contribution is -0.133. The molecule has 0 aromatic carbocycles. The van der Waals surface area contributed by atoms with E-state index in [4.69, 9.17) is 0 Å².